The Labute approximate surface area is 158 Å². The SMILES string of the molecule is COC1(c2ccc3c(c2)OC(c2ccc4ccccc4c2)O3)CCOCC1. The van der Waals surface area contributed by atoms with Gasteiger partial charge in [-0.1, -0.05) is 42.5 Å². The molecule has 0 saturated carbocycles. The Bertz CT molecular complexity index is 975. The molecule has 0 aliphatic carbocycles. The molecule has 2 aliphatic heterocycles. The Morgan fingerprint density at radius 1 is 0.852 bits per heavy atom. The number of benzene rings is 3. The highest BCUT2D eigenvalue weighted by molar-refractivity contribution is 5.83. The van der Waals surface area contributed by atoms with E-state index in [1.165, 1.54) is 10.8 Å². The first kappa shape index (κ1) is 16.6. The Morgan fingerprint density at radius 2 is 1.63 bits per heavy atom. The van der Waals surface area contributed by atoms with Gasteiger partial charge in [-0.15, -0.1) is 0 Å². The summed E-state index contributed by atoms with van der Waals surface area (Å²) in [6.07, 6.45) is 1.27. The third-order valence-corrected chi connectivity index (χ3v) is 5.67. The van der Waals surface area contributed by atoms with Crippen LogP contribution in [0, 0.1) is 0 Å². The molecule has 5 rings (SSSR count). The zero-order valence-electron chi connectivity index (χ0n) is 15.3. The van der Waals surface area contributed by atoms with Gasteiger partial charge >= 0.3 is 0 Å². The van der Waals surface area contributed by atoms with Crippen LogP contribution in [0.15, 0.2) is 60.7 Å². The van der Waals surface area contributed by atoms with E-state index in [4.69, 9.17) is 18.9 Å². The van der Waals surface area contributed by atoms with Crippen molar-refractivity contribution in [2.75, 3.05) is 20.3 Å². The van der Waals surface area contributed by atoms with Crippen LogP contribution in [0.3, 0.4) is 0 Å². The normalized spacial score (nSPS) is 20.7. The lowest BCUT2D eigenvalue weighted by molar-refractivity contribution is -0.0948. The van der Waals surface area contributed by atoms with E-state index in [1.54, 1.807) is 7.11 Å². The molecule has 1 unspecified atom stereocenters. The summed E-state index contributed by atoms with van der Waals surface area (Å²) in [7, 11) is 1.77. The van der Waals surface area contributed by atoms with E-state index in [-0.39, 0.29) is 5.60 Å². The standard InChI is InChI=1S/C23H22O4/c1-24-23(10-12-25-13-11-23)19-8-9-20-21(15-19)27-22(26-20)18-7-6-16-4-2-3-5-17(16)14-18/h2-9,14-15,22H,10-13H2,1H3. The zero-order valence-corrected chi connectivity index (χ0v) is 15.3. The quantitative estimate of drug-likeness (QED) is 0.660. The van der Waals surface area contributed by atoms with E-state index in [0.717, 1.165) is 35.5 Å². The van der Waals surface area contributed by atoms with Crippen molar-refractivity contribution in [1.29, 1.82) is 0 Å². The van der Waals surface area contributed by atoms with Crippen molar-refractivity contribution < 1.29 is 18.9 Å². The van der Waals surface area contributed by atoms with Gasteiger partial charge in [0.05, 0.1) is 5.60 Å². The van der Waals surface area contributed by atoms with Crippen LogP contribution in [-0.2, 0) is 15.1 Å². The third-order valence-electron chi connectivity index (χ3n) is 5.67. The van der Waals surface area contributed by atoms with E-state index >= 15 is 0 Å². The second-order valence-electron chi connectivity index (χ2n) is 7.15. The first-order chi connectivity index (χ1) is 13.3. The largest absolute Gasteiger partial charge is 0.447 e. The molecule has 138 valence electrons. The van der Waals surface area contributed by atoms with Crippen LogP contribution in [-0.4, -0.2) is 20.3 Å². The number of ether oxygens (including phenoxy) is 4. The summed E-state index contributed by atoms with van der Waals surface area (Å²) in [5, 5.41) is 2.39. The van der Waals surface area contributed by atoms with E-state index in [1.807, 2.05) is 18.2 Å². The highest BCUT2D eigenvalue weighted by Crippen LogP contribution is 2.45. The van der Waals surface area contributed by atoms with Gasteiger partial charge in [-0.3, -0.25) is 0 Å². The lowest BCUT2D eigenvalue weighted by Crippen LogP contribution is -2.35. The Morgan fingerprint density at radius 3 is 2.44 bits per heavy atom. The fourth-order valence-electron chi connectivity index (χ4n) is 4.04. The maximum Gasteiger partial charge on any atom is 0.267 e. The monoisotopic (exact) mass is 362 g/mol. The Balaban J connectivity index is 1.44. The van der Waals surface area contributed by atoms with E-state index in [9.17, 15) is 0 Å². The van der Waals surface area contributed by atoms with Crippen LogP contribution < -0.4 is 9.47 Å². The molecule has 0 N–H and O–H groups in total. The van der Waals surface area contributed by atoms with Crippen LogP contribution >= 0.6 is 0 Å². The highest BCUT2D eigenvalue weighted by atomic mass is 16.7. The molecule has 2 aliphatic rings. The number of fused-ring (bicyclic) bond motifs is 2. The number of hydrogen-bond acceptors (Lipinski definition) is 4. The minimum atomic E-state index is -0.423. The third kappa shape index (κ3) is 2.85. The van der Waals surface area contributed by atoms with Crippen molar-refractivity contribution in [3.63, 3.8) is 0 Å². The van der Waals surface area contributed by atoms with Crippen LogP contribution in [0.2, 0.25) is 0 Å². The van der Waals surface area contributed by atoms with Gasteiger partial charge in [-0.05, 0) is 34.5 Å². The smallest absolute Gasteiger partial charge is 0.267 e. The van der Waals surface area contributed by atoms with Crippen molar-refractivity contribution in [3.05, 3.63) is 71.8 Å². The molecule has 1 saturated heterocycles. The maximum absolute atomic E-state index is 6.15. The van der Waals surface area contributed by atoms with Crippen molar-refractivity contribution in [3.8, 4) is 11.5 Å². The summed E-state index contributed by atoms with van der Waals surface area (Å²) in [4.78, 5) is 0. The van der Waals surface area contributed by atoms with Gasteiger partial charge in [0.1, 0.15) is 0 Å². The predicted molar refractivity (Wildman–Crippen MR) is 103 cm³/mol. The molecule has 4 nitrogen and oxygen atoms in total. The van der Waals surface area contributed by atoms with Gasteiger partial charge in [0, 0.05) is 38.7 Å². The molecule has 0 amide bonds. The molecule has 1 fully saturated rings. The summed E-state index contributed by atoms with van der Waals surface area (Å²) in [6.45, 7) is 1.42. The number of hydrogen-bond donors (Lipinski definition) is 0. The average Bonchev–Trinajstić information content (AvgIpc) is 3.17. The molecule has 0 spiro atoms. The van der Waals surface area contributed by atoms with Gasteiger partial charge < -0.3 is 18.9 Å². The van der Waals surface area contributed by atoms with E-state index in [2.05, 4.69) is 42.5 Å². The molecular formula is C23H22O4. The average molecular weight is 362 g/mol. The topological polar surface area (TPSA) is 36.9 Å². The van der Waals surface area contributed by atoms with Gasteiger partial charge in [0.25, 0.3) is 6.29 Å². The molecule has 3 aromatic carbocycles. The number of methoxy groups -OCH3 is 1. The number of rotatable bonds is 3. The molecule has 0 bridgehead atoms. The second-order valence-corrected chi connectivity index (χ2v) is 7.15. The highest BCUT2D eigenvalue weighted by Gasteiger charge is 2.36. The maximum atomic E-state index is 6.15. The molecular weight excluding hydrogens is 340 g/mol. The predicted octanol–water partition coefficient (Wildman–Crippen LogP) is 4.96. The van der Waals surface area contributed by atoms with Crippen LogP contribution in [0.5, 0.6) is 11.5 Å². The zero-order chi connectivity index (χ0) is 18.3. The van der Waals surface area contributed by atoms with Gasteiger partial charge in [-0.2, -0.15) is 0 Å². The summed E-state index contributed by atoms with van der Waals surface area (Å²) in [5.74, 6) is 1.55. The van der Waals surface area contributed by atoms with Crippen molar-refractivity contribution in [2.24, 2.45) is 0 Å². The fraction of sp³-hybridized carbons (Fsp3) is 0.304. The lowest BCUT2D eigenvalue weighted by atomic mass is 9.86. The van der Waals surface area contributed by atoms with Crippen LogP contribution in [0.1, 0.15) is 30.3 Å². The van der Waals surface area contributed by atoms with Gasteiger partial charge in [-0.25, -0.2) is 0 Å². The lowest BCUT2D eigenvalue weighted by Gasteiger charge is -2.36. The summed E-state index contributed by atoms with van der Waals surface area (Å²) in [6, 6.07) is 20.7. The molecule has 2 heterocycles. The molecule has 3 aromatic rings. The molecule has 0 radical (unpaired) electrons. The molecule has 1 atom stereocenters. The van der Waals surface area contributed by atoms with Crippen LogP contribution in [0.25, 0.3) is 10.8 Å². The fourth-order valence-corrected chi connectivity index (χ4v) is 4.04. The first-order valence-corrected chi connectivity index (χ1v) is 9.37. The minimum Gasteiger partial charge on any atom is -0.447 e. The molecule has 4 heteroatoms. The minimum absolute atomic E-state index is 0.308. The first-order valence-electron chi connectivity index (χ1n) is 9.37. The summed E-state index contributed by atoms with van der Waals surface area (Å²) >= 11 is 0. The van der Waals surface area contributed by atoms with Crippen molar-refractivity contribution in [1.82, 2.24) is 0 Å². The Hall–Kier alpha value is -2.56. The summed E-state index contributed by atoms with van der Waals surface area (Å²) in [5.41, 5.74) is 1.83. The van der Waals surface area contributed by atoms with Crippen molar-refractivity contribution >= 4 is 10.8 Å². The van der Waals surface area contributed by atoms with Gasteiger partial charge in [0.15, 0.2) is 11.5 Å². The van der Waals surface area contributed by atoms with Gasteiger partial charge in [0.2, 0.25) is 0 Å². The van der Waals surface area contributed by atoms with Crippen LogP contribution in [0.4, 0.5) is 0 Å². The van der Waals surface area contributed by atoms with E-state index in [0.29, 0.717) is 13.2 Å². The van der Waals surface area contributed by atoms with Crippen molar-refractivity contribution in [2.45, 2.75) is 24.7 Å². The molecule has 0 aromatic heterocycles. The Kier molecular flexibility index (Phi) is 4.03. The second kappa shape index (κ2) is 6.55. The summed E-state index contributed by atoms with van der Waals surface area (Å²) < 4.78 is 23.6. The molecule has 27 heavy (non-hydrogen) atoms. The van der Waals surface area contributed by atoms with E-state index < -0.39 is 6.29 Å².